The number of pyridine rings is 1. The fourth-order valence-corrected chi connectivity index (χ4v) is 2.67. The number of piperidine rings is 1. The van der Waals surface area contributed by atoms with Crippen molar-refractivity contribution in [3.05, 3.63) is 28.6 Å². The SMILES string of the molecule is Brc1cccn2c(C3CCCNC3)nnc12. The molecular weight excluding hydrogens is 268 g/mol. The van der Waals surface area contributed by atoms with Crippen LogP contribution in [0.2, 0.25) is 0 Å². The van der Waals surface area contributed by atoms with E-state index in [1.165, 1.54) is 12.8 Å². The molecule has 0 radical (unpaired) electrons. The van der Waals surface area contributed by atoms with Crippen LogP contribution < -0.4 is 5.32 Å². The third-order valence-corrected chi connectivity index (χ3v) is 3.69. The molecular formula is C11H13BrN4. The predicted octanol–water partition coefficient (Wildman–Crippen LogP) is 1.96. The summed E-state index contributed by atoms with van der Waals surface area (Å²) in [5.74, 6) is 1.56. The van der Waals surface area contributed by atoms with Gasteiger partial charge in [0.2, 0.25) is 0 Å². The lowest BCUT2D eigenvalue weighted by molar-refractivity contribution is 0.444. The van der Waals surface area contributed by atoms with Crippen LogP contribution in [0.4, 0.5) is 0 Å². The molecule has 0 aromatic carbocycles. The van der Waals surface area contributed by atoms with Crippen molar-refractivity contribution in [2.24, 2.45) is 0 Å². The molecule has 1 aliphatic heterocycles. The quantitative estimate of drug-likeness (QED) is 0.869. The summed E-state index contributed by atoms with van der Waals surface area (Å²) in [5.41, 5.74) is 0.906. The van der Waals surface area contributed by atoms with Crippen molar-refractivity contribution in [3.8, 4) is 0 Å². The number of hydrogen-bond acceptors (Lipinski definition) is 3. The summed E-state index contributed by atoms with van der Waals surface area (Å²) in [7, 11) is 0. The third-order valence-electron chi connectivity index (χ3n) is 3.08. The summed E-state index contributed by atoms with van der Waals surface area (Å²) < 4.78 is 3.08. The van der Waals surface area contributed by atoms with Crippen molar-refractivity contribution in [2.45, 2.75) is 18.8 Å². The zero-order chi connectivity index (χ0) is 11.0. The Bertz CT molecular complexity index is 502. The molecule has 0 spiro atoms. The number of hydrogen-bond donors (Lipinski definition) is 1. The number of fused-ring (bicyclic) bond motifs is 1. The van der Waals surface area contributed by atoms with Crippen LogP contribution in [0.3, 0.4) is 0 Å². The molecule has 0 aliphatic carbocycles. The molecule has 2 aromatic heterocycles. The maximum atomic E-state index is 4.32. The Balaban J connectivity index is 2.06. The van der Waals surface area contributed by atoms with E-state index >= 15 is 0 Å². The fourth-order valence-electron chi connectivity index (χ4n) is 2.25. The molecule has 1 saturated heterocycles. The molecule has 5 heteroatoms. The zero-order valence-corrected chi connectivity index (χ0v) is 10.4. The van der Waals surface area contributed by atoms with Crippen LogP contribution in [-0.4, -0.2) is 27.7 Å². The topological polar surface area (TPSA) is 42.2 Å². The largest absolute Gasteiger partial charge is 0.316 e. The Morgan fingerprint density at radius 2 is 2.38 bits per heavy atom. The van der Waals surface area contributed by atoms with Gasteiger partial charge in [-0.15, -0.1) is 10.2 Å². The first-order valence-corrected chi connectivity index (χ1v) is 6.35. The van der Waals surface area contributed by atoms with Crippen LogP contribution in [-0.2, 0) is 0 Å². The number of nitrogens with zero attached hydrogens (tertiary/aromatic N) is 3. The van der Waals surface area contributed by atoms with Crippen molar-refractivity contribution in [1.29, 1.82) is 0 Å². The van der Waals surface area contributed by atoms with E-state index in [1.54, 1.807) is 0 Å². The number of rotatable bonds is 1. The highest BCUT2D eigenvalue weighted by Crippen LogP contribution is 2.24. The summed E-state index contributed by atoms with van der Waals surface area (Å²) >= 11 is 3.50. The molecule has 1 N–H and O–H groups in total. The van der Waals surface area contributed by atoms with Crippen LogP contribution >= 0.6 is 15.9 Å². The minimum Gasteiger partial charge on any atom is -0.316 e. The highest BCUT2D eigenvalue weighted by atomic mass is 79.9. The Kier molecular flexibility index (Phi) is 2.65. The lowest BCUT2D eigenvalue weighted by atomic mass is 9.99. The molecule has 0 saturated carbocycles. The molecule has 4 nitrogen and oxygen atoms in total. The Hall–Kier alpha value is -0.940. The molecule has 3 rings (SSSR count). The zero-order valence-electron chi connectivity index (χ0n) is 8.86. The van der Waals surface area contributed by atoms with Gasteiger partial charge in [-0.3, -0.25) is 4.40 Å². The standard InChI is InChI=1S/C11H13BrN4/c12-9-4-2-6-16-10(14-15-11(9)16)8-3-1-5-13-7-8/h2,4,6,8,13H,1,3,5,7H2. The first-order chi connectivity index (χ1) is 7.86. The number of halogens is 1. The summed E-state index contributed by atoms with van der Waals surface area (Å²) in [6.07, 6.45) is 4.44. The van der Waals surface area contributed by atoms with Gasteiger partial charge in [-0.1, -0.05) is 0 Å². The minimum absolute atomic E-state index is 0.484. The Morgan fingerprint density at radius 1 is 1.44 bits per heavy atom. The van der Waals surface area contributed by atoms with E-state index < -0.39 is 0 Å². The van der Waals surface area contributed by atoms with Crippen LogP contribution in [0.5, 0.6) is 0 Å². The lowest BCUT2D eigenvalue weighted by Gasteiger charge is -2.21. The Morgan fingerprint density at radius 3 is 3.19 bits per heavy atom. The molecule has 2 aromatic rings. The fraction of sp³-hybridized carbons (Fsp3) is 0.455. The molecule has 84 valence electrons. The molecule has 1 unspecified atom stereocenters. The van der Waals surface area contributed by atoms with Crippen LogP contribution in [0.1, 0.15) is 24.6 Å². The van der Waals surface area contributed by atoms with E-state index in [9.17, 15) is 0 Å². The van der Waals surface area contributed by atoms with Crippen LogP contribution in [0.25, 0.3) is 5.65 Å². The second-order valence-corrected chi connectivity index (χ2v) is 5.01. The molecule has 3 heterocycles. The van der Waals surface area contributed by atoms with Gasteiger partial charge in [-0.05, 0) is 47.4 Å². The molecule has 0 amide bonds. The highest BCUT2D eigenvalue weighted by molar-refractivity contribution is 9.10. The first-order valence-electron chi connectivity index (χ1n) is 5.56. The summed E-state index contributed by atoms with van der Waals surface area (Å²) in [6, 6.07) is 4.01. The van der Waals surface area contributed by atoms with E-state index in [4.69, 9.17) is 0 Å². The van der Waals surface area contributed by atoms with Crippen molar-refractivity contribution >= 4 is 21.6 Å². The van der Waals surface area contributed by atoms with E-state index in [0.29, 0.717) is 5.92 Å². The highest BCUT2D eigenvalue weighted by Gasteiger charge is 2.20. The average molecular weight is 281 g/mol. The molecule has 1 fully saturated rings. The Labute approximate surface area is 102 Å². The number of nitrogens with one attached hydrogen (secondary N) is 1. The summed E-state index contributed by atoms with van der Waals surface area (Å²) in [4.78, 5) is 0. The molecule has 1 atom stereocenters. The number of aromatic nitrogens is 3. The maximum Gasteiger partial charge on any atom is 0.175 e. The minimum atomic E-state index is 0.484. The monoisotopic (exact) mass is 280 g/mol. The third kappa shape index (κ3) is 1.64. The van der Waals surface area contributed by atoms with Crippen LogP contribution in [0, 0.1) is 0 Å². The van der Waals surface area contributed by atoms with E-state index in [-0.39, 0.29) is 0 Å². The van der Waals surface area contributed by atoms with Gasteiger partial charge in [0.15, 0.2) is 5.65 Å². The van der Waals surface area contributed by atoms with Gasteiger partial charge in [0.1, 0.15) is 5.82 Å². The van der Waals surface area contributed by atoms with Crippen molar-refractivity contribution in [1.82, 2.24) is 19.9 Å². The normalized spacial score (nSPS) is 21.4. The van der Waals surface area contributed by atoms with E-state index in [2.05, 4.69) is 35.8 Å². The van der Waals surface area contributed by atoms with Crippen molar-refractivity contribution in [2.75, 3.05) is 13.1 Å². The summed E-state index contributed by atoms with van der Waals surface area (Å²) in [5, 5.41) is 12.0. The second-order valence-electron chi connectivity index (χ2n) is 4.15. The van der Waals surface area contributed by atoms with E-state index in [1.807, 2.05) is 18.3 Å². The maximum absolute atomic E-state index is 4.32. The molecule has 1 aliphatic rings. The summed E-state index contributed by atoms with van der Waals surface area (Å²) in [6.45, 7) is 2.13. The van der Waals surface area contributed by atoms with E-state index in [0.717, 1.165) is 29.0 Å². The van der Waals surface area contributed by atoms with Gasteiger partial charge in [0, 0.05) is 18.7 Å². The van der Waals surface area contributed by atoms with Crippen LogP contribution in [0.15, 0.2) is 22.8 Å². The predicted molar refractivity (Wildman–Crippen MR) is 65.5 cm³/mol. The molecule has 16 heavy (non-hydrogen) atoms. The van der Waals surface area contributed by atoms with Gasteiger partial charge in [0.25, 0.3) is 0 Å². The van der Waals surface area contributed by atoms with Gasteiger partial charge in [-0.2, -0.15) is 0 Å². The van der Waals surface area contributed by atoms with Gasteiger partial charge < -0.3 is 5.32 Å². The average Bonchev–Trinajstić information content (AvgIpc) is 2.75. The second kappa shape index (κ2) is 4.14. The molecule has 0 bridgehead atoms. The van der Waals surface area contributed by atoms with Gasteiger partial charge >= 0.3 is 0 Å². The van der Waals surface area contributed by atoms with Crippen molar-refractivity contribution < 1.29 is 0 Å². The van der Waals surface area contributed by atoms with Gasteiger partial charge in [0.05, 0.1) is 4.47 Å². The smallest absolute Gasteiger partial charge is 0.175 e. The first kappa shape index (κ1) is 10.2. The van der Waals surface area contributed by atoms with Gasteiger partial charge in [-0.25, -0.2) is 0 Å². The van der Waals surface area contributed by atoms with Crippen molar-refractivity contribution in [3.63, 3.8) is 0 Å². The lowest BCUT2D eigenvalue weighted by Crippen LogP contribution is -2.29.